The molecule has 3 heterocycles. The molecular weight excluding hydrogens is 729 g/mol. The quantitative estimate of drug-likeness (QED) is 0.169. The maximum Gasteiger partial charge on any atom is 0.160 e. The fraction of sp³-hybridized carbons (Fsp3) is 0. The molecule has 0 unspecified atom stereocenters. The molecule has 0 fully saturated rings. The Morgan fingerprint density at radius 1 is 0.267 bits per heavy atom. The predicted octanol–water partition coefficient (Wildman–Crippen LogP) is 14.5. The van der Waals surface area contributed by atoms with Crippen LogP contribution in [0.5, 0.6) is 0 Å². The largest absolute Gasteiger partial charge is 0.309 e. The second-order valence-electron chi connectivity index (χ2n) is 15.4. The van der Waals surface area contributed by atoms with Gasteiger partial charge in [-0.1, -0.05) is 158 Å². The minimum Gasteiger partial charge on any atom is -0.309 e. The molecular formula is C56H36N4. The van der Waals surface area contributed by atoms with Crippen LogP contribution in [-0.2, 0) is 0 Å². The zero-order valence-corrected chi connectivity index (χ0v) is 32.6. The van der Waals surface area contributed by atoms with E-state index in [4.69, 9.17) is 9.97 Å². The van der Waals surface area contributed by atoms with Crippen LogP contribution < -0.4 is 0 Å². The summed E-state index contributed by atoms with van der Waals surface area (Å²) in [5.41, 5.74) is 14.2. The summed E-state index contributed by atoms with van der Waals surface area (Å²) in [5, 5.41) is 7.22. The molecule has 0 saturated carbocycles. The van der Waals surface area contributed by atoms with E-state index in [1.54, 1.807) is 0 Å². The van der Waals surface area contributed by atoms with Crippen LogP contribution in [0.25, 0.3) is 111 Å². The van der Waals surface area contributed by atoms with Crippen LogP contribution >= 0.6 is 0 Å². The Morgan fingerprint density at radius 2 is 0.783 bits per heavy atom. The summed E-state index contributed by atoms with van der Waals surface area (Å²) < 4.78 is 4.86. The Bertz CT molecular complexity index is 3530. The van der Waals surface area contributed by atoms with Gasteiger partial charge in [-0.15, -0.1) is 0 Å². The normalized spacial score (nSPS) is 11.7. The minimum absolute atomic E-state index is 0.700. The number of aromatic nitrogens is 4. The number of hydrogen-bond donors (Lipinski definition) is 0. The molecule has 9 aromatic carbocycles. The zero-order chi connectivity index (χ0) is 39.6. The molecule has 280 valence electrons. The molecule has 4 heteroatoms. The number of nitrogens with zero attached hydrogens (tertiary/aromatic N) is 4. The van der Waals surface area contributed by atoms with Gasteiger partial charge in [-0.25, -0.2) is 9.97 Å². The van der Waals surface area contributed by atoms with Crippen molar-refractivity contribution >= 4 is 54.4 Å². The van der Waals surface area contributed by atoms with E-state index in [2.05, 4.69) is 215 Å². The summed E-state index contributed by atoms with van der Waals surface area (Å²) in [5.74, 6) is 0.700. The lowest BCUT2D eigenvalue weighted by Gasteiger charge is -2.13. The highest BCUT2D eigenvalue weighted by atomic mass is 15.0. The van der Waals surface area contributed by atoms with E-state index in [9.17, 15) is 0 Å². The molecule has 0 amide bonds. The summed E-state index contributed by atoms with van der Waals surface area (Å²) in [6.07, 6.45) is 0. The van der Waals surface area contributed by atoms with Gasteiger partial charge < -0.3 is 9.13 Å². The average Bonchev–Trinajstić information content (AvgIpc) is 3.83. The summed E-state index contributed by atoms with van der Waals surface area (Å²) in [6, 6.07) is 78.1. The lowest BCUT2D eigenvalue weighted by molar-refractivity contribution is 1.17. The Hall–Kier alpha value is -8.08. The lowest BCUT2D eigenvalue weighted by Crippen LogP contribution is -1.97. The number of fused-ring (bicyclic) bond motifs is 7. The molecule has 60 heavy (non-hydrogen) atoms. The van der Waals surface area contributed by atoms with Crippen LogP contribution in [0.4, 0.5) is 0 Å². The SMILES string of the molecule is c1ccc(-c2cccc(-n3c4ccccc4c4cc5c6ccccc6n(-c6ccc7ccc(-c8nc(-c9ccccc9)cc(-c9ccccc9)n8)cc7c6)c5cc43)c2)cc1. The van der Waals surface area contributed by atoms with Gasteiger partial charge in [-0.05, 0) is 82.6 Å². The summed E-state index contributed by atoms with van der Waals surface area (Å²) in [4.78, 5) is 10.3. The number of benzene rings is 9. The van der Waals surface area contributed by atoms with Crippen molar-refractivity contribution in [3.05, 3.63) is 218 Å². The van der Waals surface area contributed by atoms with E-state index in [-0.39, 0.29) is 0 Å². The van der Waals surface area contributed by atoms with E-state index in [1.807, 2.05) is 12.1 Å². The molecule has 0 N–H and O–H groups in total. The van der Waals surface area contributed by atoms with Gasteiger partial charge in [0.05, 0.1) is 33.5 Å². The maximum absolute atomic E-state index is 5.14. The summed E-state index contributed by atoms with van der Waals surface area (Å²) >= 11 is 0. The third-order valence-corrected chi connectivity index (χ3v) is 11.9. The first-order valence-corrected chi connectivity index (χ1v) is 20.4. The first-order chi connectivity index (χ1) is 29.7. The van der Waals surface area contributed by atoms with Gasteiger partial charge in [-0.2, -0.15) is 0 Å². The van der Waals surface area contributed by atoms with E-state index in [1.165, 1.54) is 49.2 Å². The Morgan fingerprint density at radius 3 is 1.40 bits per heavy atom. The smallest absolute Gasteiger partial charge is 0.160 e. The van der Waals surface area contributed by atoms with Gasteiger partial charge in [0, 0.05) is 49.6 Å². The van der Waals surface area contributed by atoms with Gasteiger partial charge in [-0.3, -0.25) is 0 Å². The Kier molecular flexibility index (Phi) is 7.82. The standard InChI is InChI=1S/C56H36N4/c1-4-15-37(16-5-1)41-21-14-22-44(32-41)59-52-25-12-10-23-46(52)48-34-49-47-24-11-13-26-53(47)60(55(49)36-54(48)59)45-30-29-38-27-28-42(31-43(38)33-45)56-57-50(39-17-6-2-7-18-39)35-51(58-56)40-19-8-3-9-20-40/h1-36H. The third kappa shape index (κ3) is 5.61. The van der Waals surface area contributed by atoms with E-state index in [0.717, 1.165) is 55.7 Å². The van der Waals surface area contributed by atoms with Crippen LogP contribution in [0.1, 0.15) is 0 Å². The Balaban J connectivity index is 1.05. The summed E-state index contributed by atoms with van der Waals surface area (Å²) in [7, 11) is 0. The van der Waals surface area contributed by atoms with Gasteiger partial charge >= 0.3 is 0 Å². The number of hydrogen-bond acceptors (Lipinski definition) is 2. The van der Waals surface area contributed by atoms with E-state index in [0.29, 0.717) is 5.82 Å². The van der Waals surface area contributed by atoms with Crippen LogP contribution in [0.3, 0.4) is 0 Å². The zero-order valence-electron chi connectivity index (χ0n) is 32.6. The van der Waals surface area contributed by atoms with Crippen molar-refractivity contribution in [2.75, 3.05) is 0 Å². The second-order valence-corrected chi connectivity index (χ2v) is 15.4. The molecule has 12 rings (SSSR count). The van der Waals surface area contributed by atoms with Crippen LogP contribution in [0.15, 0.2) is 218 Å². The molecule has 3 aromatic heterocycles. The van der Waals surface area contributed by atoms with Gasteiger partial charge in [0.25, 0.3) is 0 Å². The third-order valence-electron chi connectivity index (χ3n) is 11.9. The molecule has 0 atom stereocenters. The average molecular weight is 765 g/mol. The van der Waals surface area contributed by atoms with Crippen molar-refractivity contribution in [2.24, 2.45) is 0 Å². The predicted molar refractivity (Wildman–Crippen MR) is 250 cm³/mol. The van der Waals surface area contributed by atoms with Crippen LogP contribution in [0, 0.1) is 0 Å². The highest BCUT2D eigenvalue weighted by molar-refractivity contribution is 6.19. The van der Waals surface area contributed by atoms with Gasteiger partial charge in [0.2, 0.25) is 0 Å². The van der Waals surface area contributed by atoms with Crippen LogP contribution in [0.2, 0.25) is 0 Å². The first kappa shape index (κ1) is 34.0. The molecule has 0 radical (unpaired) electrons. The van der Waals surface area contributed by atoms with Gasteiger partial charge in [0.15, 0.2) is 5.82 Å². The van der Waals surface area contributed by atoms with Crippen molar-refractivity contribution in [3.63, 3.8) is 0 Å². The molecule has 0 aliphatic heterocycles. The molecule has 0 aliphatic carbocycles. The fourth-order valence-electron chi connectivity index (χ4n) is 9.04. The maximum atomic E-state index is 5.14. The van der Waals surface area contributed by atoms with Crippen molar-refractivity contribution in [1.29, 1.82) is 0 Å². The number of rotatable bonds is 6. The molecule has 4 nitrogen and oxygen atoms in total. The monoisotopic (exact) mass is 764 g/mol. The van der Waals surface area contributed by atoms with Crippen molar-refractivity contribution in [3.8, 4) is 56.4 Å². The van der Waals surface area contributed by atoms with Gasteiger partial charge in [0.1, 0.15) is 0 Å². The second kappa shape index (κ2) is 13.8. The van der Waals surface area contributed by atoms with E-state index < -0.39 is 0 Å². The minimum atomic E-state index is 0.700. The van der Waals surface area contributed by atoms with Crippen molar-refractivity contribution < 1.29 is 0 Å². The first-order valence-electron chi connectivity index (χ1n) is 20.4. The number of para-hydroxylation sites is 2. The molecule has 0 bridgehead atoms. The molecule has 12 aromatic rings. The van der Waals surface area contributed by atoms with E-state index >= 15 is 0 Å². The van der Waals surface area contributed by atoms with Crippen molar-refractivity contribution in [1.82, 2.24) is 19.1 Å². The Labute approximate surface area is 346 Å². The summed E-state index contributed by atoms with van der Waals surface area (Å²) in [6.45, 7) is 0. The molecule has 0 spiro atoms. The fourth-order valence-corrected chi connectivity index (χ4v) is 9.04. The topological polar surface area (TPSA) is 35.6 Å². The highest BCUT2D eigenvalue weighted by Crippen LogP contribution is 2.40. The molecule has 0 aliphatic rings. The highest BCUT2D eigenvalue weighted by Gasteiger charge is 2.19. The van der Waals surface area contributed by atoms with Crippen molar-refractivity contribution in [2.45, 2.75) is 0 Å². The molecule has 0 saturated heterocycles. The lowest BCUT2D eigenvalue weighted by atomic mass is 10.0. The van der Waals surface area contributed by atoms with Crippen LogP contribution in [-0.4, -0.2) is 19.1 Å².